The number of nitrogens with one attached hydrogen (secondary N) is 1. The zero-order chi connectivity index (χ0) is 32.9. The number of fused-ring (bicyclic) bond motifs is 1. The van der Waals surface area contributed by atoms with E-state index in [1.165, 1.54) is 42.5 Å². The second-order valence-corrected chi connectivity index (χ2v) is 13.2. The minimum absolute atomic E-state index is 0.0442. The molecule has 1 atom stereocenters. The SMILES string of the molecule is CC(C)N1CC(n2cc(-c3cnc(N)c4c(-c5ccc(NS(=O)(=O)C(F)F)c(O[C@@H](C)c6ccc(F)cc6)c5)nn(C)c34)cn2)C1. The molecule has 3 N–H and O–H groups in total. The lowest BCUT2D eigenvalue weighted by Gasteiger charge is -2.41. The van der Waals surface area contributed by atoms with Crippen LogP contribution in [0.4, 0.5) is 24.7 Å². The number of halogens is 3. The summed E-state index contributed by atoms with van der Waals surface area (Å²) in [6.45, 7) is 7.82. The predicted octanol–water partition coefficient (Wildman–Crippen LogP) is 5.59. The van der Waals surface area contributed by atoms with Gasteiger partial charge in [-0.05, 0) is 50.6 Å². The monoisotopic (exact) mass is 654 g/mol. The third-order valence-electron chi connectivity index (χ3n) is 8.18. The molecule has 4 heterocycles. The number of alkyl halides is 2. The van der Waals surface area contributed by atoms with Crippen molar-refractivity contribution in [2.45, 2.75) is 44.7 Å². The van der Waals surface area contributed by atoms with Crippen LogP contribution in [0.1, 0.15) is 38.5 Å². The molecule has 1 saturated heterocycles. The largest absolute Gasteiger partial charge is 0.484 e. The summed E-state index contributed by atoms with van der Waals surface area (Å²) < 4.78 is 75.9. The van der Waals surface area contributed by atoms with Crippen LogP contribution in [0.3, 0.4) is 0 Å². The maximum absolute atomic E-state index is 13.5. The van der Waals surface area contributed by atoms with Gasteiger partial charge in [0.05, 0.1) is 28.8 Å². The van der Waals surface area contributed by atoms with Crippen LogP contribution < -0.4 is 15.2 Å². The topological polar surface area (TPSA) is 133 Å². The van der Waals surface area contributed by atoms with E-state index in [1.54, 1.807) is 31.0 Å². The predicted molar refractivity (Wildman–Crippen MR) is 169 cm³/mol. The molecule has 242 valence electrons. The molecule has 0 unspecified atom stereocenters. The quantitative estimate of drug-likeness (QED) is 0.199. The molecule has 6 rings (SSSR count). The molecule has 1 aliphatic rings. The Balaban J connectivity index is 1.40. The summed E-state index contributed by atoms with van der Waals surface area (Å²) in [6, 6.07) is 10.6. The lowest BCUT2D eigenvalue weighted by Crippen LogP contribution is -2.50. The van der Waals surface area contributed by atoms with Crippen molar-refractivity contribution in [2.75, 3.05) is 23.5 Å². The Hall–Kier alpha value is -4.63. The molecule has 1 fully saturated rings. The first-order valence-corrected chi connectivity index (χ1v) is 16.1. The summed E-state index contributed by atoms with van der Waals surface area (Å²) >= 11 is 0. The Morgan fingerprint density at radius 2 is 1.76 bits per heavy atom. The van der Waals surface area contributed by atoms with Crippen LogP contribution in [0.25, 0.3) is 33.3 Å². The first-order chi connectivity index (χ1) is 21.8. The number of likely N-dealkylation sites (tertiary alicyclic amines) is 1. The van der Waals surface area contributed by atoms with Crippen molar-refractivity contribution in [3.05, 3.63) is 72.4 Å². The molecule has 3 aromatic heterocycles. The average molecular weight is 655 g/mol. The fourth-order valence-electron chi connectivity index (χ4n) is 5.54. The molecule has 11 nitrogen and oxygen atoms in total. The van der Waals surface area contributed by atoms with Crippen molar-refractivity contribution in [2.24, 2.45) is 7.05 Å². The van der Waals surface area contributed by atoms with Gasteiger partial charge in [0.2, 0.25) is 0 Å². The van der Waals surface area contributed by atoms with E-state index >= 15 is 0 Å². The van der Waals surface area contributed by atoms with Crippen LogP contribution in [0, 0.1) is 5.82 Å². The van der Waals surface area contributed by atoms with Gasteiger partial charge >= 0.3 is 5.76 Å². The summed E-state index contributed by atoms with van der Waals surface area (Å²) in [6.07, 6.45) is 4.73. The van der Waals surface area contributed by atoms with Gasteiger partial charge in [0.1, 0.15) is 29.2 Å². The number of nitrogen functional groups attached to an aromatic ring is 1. The molecule has 0 bridgehead atoms. The molecule has 0 aliphatic carbocycles. The van der Waals surface area contributed by atoms with Crippen molar-refractivity contribution in [1.82, 2.24) is 29.4 Å². The standard InChI is InChI=1S/C31H33F3N8O3S/c1-17(2)41-15-23(16-41)42-14-21(12-37-42)24-13-36-30(35)27-28(38-40(4)29(24)27)20-7-10-25(39-46(43,44)31(33)34)26(11-20)45-18(3)19-5-8-22(32)9-6-19/h5-14,17-18,23,31,39H,15-16H2,1-4H3,(H2,35,36)/t18-/m0/s1. The minimum atomic E-state index is -5.01. The van der Waals surface area contributed by atoms with Crippen LogP contribution in [0.15, 0.2) is 61.1 Å². The van der Waals surface area contributed by atoms with Crippen LogP contribution in [0.2, 0.25) is 0 Å². The Kier molecular flexibility index (Phi) is 8.14. The second kappa shape index (κ2) is 11.9. The average Bonchev–Trinajstić information content (AvgIpc) is 3.59. The highest BCUT2D eigenvalue weighted by Gasteiger charge is 2.31. The fourth-order valence-corrected chi connectivity index (χ4v) is 6.11. The van der Waals surface area contributed by atoms with E-state index < -0.39 is 27.7 Å². The summed E-state index contributed by atoms with van der Waals surface area (Å²) in [5, 5.41) is 9.88. The number of hydrogen-bond donors (Lipinski definition) is 2. The van der Waals surface area contributed by atoms with E-state index in [9.17, 15) is 21.6 Å². The van der Waals surface area contributed by atoms with E-state index in [2.05, 4.69) is 28.8 Å². The minimum Gasteiger partial charge on any atom is -0.484 e. The van der Waals surface area contributed by atoms with Gasteiger partial charge in [-0.3, -0.25) is 19.0 Å². The van der Waals surface area contributed by atoms with E-state index in [-0.39, 0.29) is 23.3 Å². The number of anilines is 2. The maximum Gasteiger partial charge on any atom is 0.355 e. The van der Waals surface area contributed by atoms with Crippen molar-refractivity contribution >= 4 is 32.4 Å². The summed E-state index contributed by atoms with van der Waals surface area (Å²) in [5.74, 6) is -3.94. The number of hydrogen-bond acceptors (Lipinski definition) is 8. The number of pyridine rings is 1. The van der Waals surface area contributed by atoms with Crippen molar-refractivity contribution in [3.63, 3.8) is 0 Å². The van der Waals surface area contributed by atoms with Gasteiger partial charge < -0.3 is 10.5 Å². The molecule has 0 amide bonds. The van der Waals surface area contributed by atoms with Gasteiger partial charge in [0.15, 0.2) is 0 Å². The van der Waals surface area contributed by atoms with Gasteiger partial charge in [0, 0.05) is 55.3 Å². The molecule has 0 spiro atoms. The normalized spacial score (nSPS) is 15.1. The lowest BCUT2D eigenvalue weighted by molar-refractivity contribution is 0.0675. The highest BCUT2D eigenvalue weighted by atomic mass is 32.2. The van der Waals surface area contributed by atoms with Crippen LogP contribution >= 0.6 is 0 Å². The van der Waals surface area contributed by atoms with Crippen molar-refractivity contribution < 1.29 is 26.3 Å². The maximum atomic E-state index is 13.5. The zero-order valence-corrected chi connectivity index (χ0v) is 26.3. The Morgan fingerprint density at radius 3 is 2.43 bits per heavy atom. The third kappa shape index (κ3) is 5.87. The molecular weight excluding hydrogens is 621 g/mol. The number of benzene rings is 2. The Labute approximate surface area is 263 Å². The number of rotatable bonds is 10. The van der Waals surface area contributed by atoms with Gasteiger partial charge in [-0.15, -0.1) is 0 Å². The highest BCUT2D eigenvalue weighted by molar-refractivity contribution is 7.93. The molecule has 1 aliphatic heterocycles. The summed E-state index contributed by atoms with van der Waals surface area (Å²) in [7, 11) is -3.24. The van der Waals surface area contributed by atoms with Crippen LogP contribution in [-0.4, -0.2) is 62.8 Å². The number of aromatic nitrogens is 5. The van der Waals surface area contributed by atoms with Crippen molar-refractivity contribution in [1.29, 1.82) is 0 Å². The van der Waals surface area contributed by atoms with Gasteiger partial charge in [0.25, 0.3) is 10.0 Å². The molecule has 0 saturated carbocycles. The smallest absolute Gasteiger partial charge is 0.355 e. The van der Waals surface area contributed by atoms with E-state index in [4.69, 9.17) is 15.6 Å². The van der Waals surface area contributed by atoms with Crippen LogP contribution in [-0.2, 0) is 17.1 Å². The number of ether oxygens (including phenoxy) is 1. The molecular formula is C31H33F3N8O3S. The summed E-state index contributed by atoms with van der Waals surface area (Å²) in [4.78, 5) is 6.82. The Morgan fingerprint density at radius 1 is 1.04 bits per heavy atom. The molecule has 5 aromatic rings. The fraction of sp³-hybridized carbons (Fsp3) is 0.323. The molecule has 15 heteroatoms. The van der Waals surface area contributed by atoms with Gasteiger partial charge in [-0.1, -0.05) is 18.2 Å². The number of sulfonamides is 1. The van der Waals surface area contributed by atoms with Gasteiger partial charge in [-0.2, -0.15) is 19.0 Å². The highest BCUT2D eigenvalue weighted by Crippen LogP contribution is 2.40. The molecule has 0 radical (unpaired) electrons. The number of nitrogens with two attached hydrogens (primary N) is 1. The third-order valence-corrected chi connectivity index (χ3v) is 9.16. The number of aryl methyl sites for hydroxylation is 1. The van der Waals surface area contributed by atoms with Crippen LogP contribution in [0.5, 0.6) is 5.75 Å². The van der Waals surface area contributed by atoms with Gasteiger partial charge in [-0.25, -0.2) is 17.8 Å². The zero-order valence-electron chi connectivity index (χ0n) is 25.5. The van der Waals surface area contributed by atoms with Crippen molar-refractivity contribution in [3.8, 4) is 28.1 Å². The first kappa shape index (κ1) is 31.4. The molecule has 46 heavy (non-hydrogen) atoms. The number of nitrogens with zero attached hydrogens (tertiary/aromatic N) is 6. The van der Waals surface area contributed by atoms with E-state index in [0.717, 1.165) is 24.2 Å². The lowest BCUT2D eigenvalue weighted by atomic mass is 10.0. The first-order valence-electron chi connectivity index (χ1n) is 14.6. The Bertz CT molecular complexity index is 2010. The van der Waals surface area contributed by atoms with E-state index in [1.807, 2.05) is 15.6 Å². The van der Waals surface area contributed by atoms with E-state index in [0.29, 0.717) is 33.8 Å². The second-order valence-electron chi connectivity index (χ2n) is 11.6. The summed E-state index contributed by atoms with van der Waals surface area (Å²) in [5.41, 5.74) is 9.97. The molecule has 2 aromatic carbocycles.